The number of hydrogen-bond acceptors (Lipinski definition) is 4. The number of carbonyl (C=O) groups is 1. The van der Waals surface area contributed by atoms with Crippen LogP contribution in [-0.4, -0.2) is 20.7 Å². The number of benzene rings is 3. The first-order valence-electron chi connectivity index (χ1n) is 9.85. The van der Waals surface area contributed by atoms with Gasteiger partial charge in [-0.25, -0.2) is 4.68 Å². The molecule has 6 nitrogen and oxygen atoms in total. The van der Waals surface area contributed by atoms with Crippen molar-refractivity contribution in [1.29, 1.82) is 0 Å². The highest BCUT2D eigenvalue weighted by atomic mass is 16.1. The monoisotopic (exact) mass is 395 g/mol. The summed E-state index contributed by atoms with van der Waals surface area (Å²) in [6.45, 7) is 3.92. The molecule has 1 aliphatic heterocycles. The molecule has 4 aromatic rings. The lowest BCUT2D eigenvalue weighted by Crippen LogP contribution is -2.31. The minimum atomic E-state index is -0.389. The van der Waals surface area contributed by atoms with Crippen LogP contribution in [-0.2, 0) is 4.79 Å². The van der Waals surface area contributed by atoms with Crippen LogP contribution in [0.5, 0.6) is 0 Å². The molecule has 0 radical (unpaired) electrons. The summed E-state index contributed by atoms with van der Waals surface area (Å²) >= 11 is 0. The Balaban J connectivity index is 1.64. The molecule has 1 amide bonds. The molecule has 148 valence electrons. The highest BCUT2D eigenvalue weighted by Crippen LogP contribution is 2.38. The fraction of sp³-hybridized carbons (Fsp3) is 0.125. The van der Waals surface area contributed by atoms with E-state index in [1.807, 2.05) is 56.3 Å². The van der Waals surface area contributed by atoms with E-state index in [9.17, 15) is 4.79 Å². The molecule has 2 heterocycles. The molecule has 1 unspecified atom stereocenters. The number of rotatable bonds is 3. The molecule has 30 heavy (non-hydrogen) atoms. The van der Waals surface area contributed by atoms with E-state index in [0.29, 0.717) is 11.5 Å². The third-order valence-electron chi connectivity index (χ3n) is 5.47. The van der Waals surface area contributed by atoms with Crippen LogP contribution in [0, 0.1) is 6.92 Å². The first-order valence-corrected chi connectivity index (χ1v) is 9.85. The summed E-state index contributed by atoms with van der Waals surface area (Å²) in [4.78, 5) is 17.8. The Kier molecular flexibility index (Phi) is 4.32. The fourth-order valence-corrected chi connectivity index (χ4v) is 4.00. The van der Waals surface area contributed by atoms with E-state index in [0.717, 1.165) is 33.3 Å². The average Bonchev–Trinajstić information content (AvgIpc) is 3.22. The summed E-state index contributed by atoms with van der Waals surface area (Å²) < 4.78 is 1.78. The van der Waals surface area contributed by atoms with Crippen LogP contribution in [0.3, 0.4) is 0 Å². The van der Waals surface area contributed by atoms with Crippen molar-refractivity contribution in [2.24, 2.45) is 0 Å². The maximum Gasteiger partial charge on any atom is 0.255 e. The van der Waals surface area contributed by atoms with Crippen LogP contribution in [0.1, 0.15) is 24.1 Å². The number of nitrogens with zero attached hydrogens (tertiary/aromatic N) is 3. The predicted molar refractivity (Wildman–Crippen MR) is 118 cm³/mol. The van der Waals surface area contributed by atoms with Crippen LogP contribution in [0.4, 0.5) is 11.6 Å². The largest absolute Gasteiger partial charge is 0.328 e. The van der Waals surface area contributed by atoms with Crippen molar-refractivity contribution in [3.05, 3.63) is 95.5 Å². The van der Waals surface area contributed by atoms with Gasteiger partial charge in [0.15, 0.2) is 0 Å². The number of aryl methyl sites for hydroxylation is 1. The van der Waals surface area contributed by atoms with Crippen molar-refractivity contribution >= 4 is 28.3 Å². The SMILES string of the molecule is CC1=C(C(=O)Nc2ccc(C)cc2)C(c2cccc3ccccc23)n2ncnc2N1. The number of fused-ring (bicyclic) bond motifs is 2. The van der Waals surface area contributed by atoms with Crippen molar-refractivity contribution in [2.75, 3.05) is 10.6 Å². The number of aromatic nitrogens is 3. The van der Waals surface area contributed by atoms with Crippen molar-refractivity contribution in [2.45, 2.75) is 19.9 Å². The molecule has 1 aliphatic rings. The number of anilines is 2. The van der Waals surface area contributed by atoms with Gasteiger partial charge in [0.25, 0.3) is 5.91 Å². The molecule has 0 saturated heterocycles. The van der Waals surface area contributed by atoms with Crippen LogP contribution in [0.2, 0.25) is 0 Å². The number of nitrogens with one attached hydrogen (secondary N) is 2. The van der Waals surface area contributed by atoms with Crippen LogP contribution < -0.4 is 10.6 Å². The van der Waals surface area contributed by atoms with Gasteiger partial charge in [-0.1, -0.05) is 60.2 Å². The van der Waals surface area contributed by atoms with Gasteiger partial charge < -0.3 is 10.6 Å². The Hall–Kier alpha value is -3.93. The second kappa shape index (κ2) is 7.15. The summed E-state index contributed by atoms with van der Waals surface area (Å²) in [5.74, 6) is 0.459. The maximum atomic E-state index is 13.4. The summed E-state index contributed by atoms with van der Waals surface area (Å²) in [5, 5.41) is 12.9. The van der Waals surface area contributed by atoms with Gasteiger partial charge in [0.1, 0.15) is 12.4 Å². The molecule has 3 aromatic carbocycles. The Morgan fingerprint density at radius 1 is 1.00 bits per heavy atom. The third-order valence-corrected chi connectivity index (χ3v) is 5.47. The summed E-state index contributed by atoms with van der Waals surface area (Å²) in [6.07, 6.45) is 1.51. The summed E-state index contributed by atoms with van der Waals surface area (Å²) in [7, 11) is 0. The average molecular weight is 395 g/mol. The third kappa shape index (κ3) is 3.03. The van der Waals surface area contributed by atoms with Gasteiger partial charge in [-0.3, -0.25) is 4.79 Å². The molecular weight excluding hydrogens is 374 g/mol. The quantitative estimate of drug-likeness (QED) is 0.529. The zero-order valence-corrected chi connectivity index (χ0v) is 16.8. The van der Waals surface area contributed by atoms with Crippen LogP contribution in [0.25, 0.3) is 10.8 Å². The van der Waals surface area contributed by atoms with Crippen LogP contribution in [0.15, 0.2) is 84.3 Å². The van der Waals surface area contributed by atoms with Crippen molar-refractivity contribution < 1.29 is 4.79 Å². The van der Waals surface area contributed by atoms with Crippen LogP contribution >= 0.6 is 0 Å². The van der Waals surface area contributed by atoms with E-state index in [1.165, 1.54) is 6.33 Å². The normalized spacial score (nSPS) is 15.6. The first-order chi connectivity index (χ1) is 14.6. The second-order valence-corrected chi connectivity index (χ2v) is 7.48. The lowest BCUT2D eigenvalue weighted by atomic mass is 9.91. The molecule has 0 saturated carbocycles. The molecule has 0 fully saturated rings. The highest BCUT2D eigenvalue weighted by Gasteiger charge is 2.34. The minimum absolute atomic E-state index is 0.164. The lowest BCUT2D eigenvalue weighted by molar-refractivity contribution is -0.113. The van der Waals surface area contributed by atoms with E-state index in [4.69, 9.17) is 0 Å². The molecule has 6 heteroatoms. The zero-order valence-electron chi connectivity index (χ0n) is 16.8. The van der Waals surface area contributed by atoms with Gasteiger partial charge in [0.2, 0.25) is 5.95 Å². The topological polar surface area (TPSA) is 71.8 Å². The van der Waals surface area contributed by atoms with Gasteiger partial charge in [-0.2, -0.15) is 10.1 Å². The van der Waals surface area contributed by atoms with Gasteiger partial charge in [-0.05, 0) is 42.3 Å². The van der Waals surface area contributed by atoms with Gasteiger partial charge in [-0.15, -0.1) is 0 Å². The van der Waals surface area contributed by atoms with E-state index >= 15 is 0 Å². The highest BCUT2D eigenvalue weighted by molar-refractivity contribution is 6.06. The summed E-state index contributed by atoms with van der Waals surface area (Å²) in [6, 6.07) is 21.7. The molecule has 0 spiro atoms. The second-order valence-electron chi connectivity index (χ2n) is 7.48. The first kappa shape index (κ1) is 18.1. The Morgan fingerprint density at radius 3 is 2.60 bits per heavy atom. The number of amides is 1. The Labute approximate surface area is 174 Å². The smallest absolute Gasteiger partial charge is 0.255 e. The molecule has 2 N–H and O–H groups in total. The van der Waals surface area contributed by atoms with E-state index in [1.54, 1.807) is 4.68 Å². The van der Waals surface area contributed by atoms with Gasteiger partial charge in [0.05, 0.1) is 5.57 Å². The Bertz CT molecular complexity index is 1280. The molecular formula is C24H21N5O. The van der Waals surface area contributed by atoms with Gasteiger partial charge >= 0.3 is 0 Å². The number of hydrogen-bond donors (Lipinski definition) is 2. The Morgan fingerprint density at radius 2 is 1.77 bits per heavy atom. The van der Waals surface area contributed by atoms with Crippen molar-refractivity contribution in [3.8, 4) is 0 Å². The number of allylic oxidation sites excluding steroid dienone is 1. The molecule has 1 aromatic heterocycles. The molecule has 0 bridgehead atoms. The zero-order chi connectivity index (χ0) is 20.7. The summed E-state index contributed by atoms with van der Waals surface area (Å²) in [5.41, 5.74) is 4.29. The fourth-order valence-electron chi connectivity index (χ4n) is 4.00. The van der Waals surface area contributed by atoms with E-state index < -0.39 is 0 Å². The lowest BCUT2D eigenvalue weighted by Gasteiger charge is -2.29. The number of carbonyl (C=O) groups excluding carboxylic acids is 1. The minimum Gasteiger partial charge on any atom is -0.328 e. The maximum absolute atomic E-state index is 13.4. The van der Waals surface area contributed by atoms with Crippen molar-refractivity contribution in [3.63, 3.8) is 0 Å². The standard InChI is InChI=1S/C24H21N5O/c1-15-10-12-18(13-11-15)28-23(30)21-16(2)27-24-25-14-26-29(24)22(21)20-9-5-7-17-6-3-4-8-19(17)20/h3-14,22H,1-2H3,(H,28,30)(H,25,26,27). The predicted octanol–water partition coefficient (Wildman–Crippen LogP) is 4.67. The van der Waals surface area contributed by atoms with Gasteiger partial charge in [0, 0.05) is 11.4 Å². The molecule has 0 aliphatic carbocycles. The molecule has 5 rings (SSSR count). The van der Waals surface area contributed by atoms with E-state index in [2.05, 4.69) is 45.0 Å². The van der Waals surface area contributed by atoms with Crippen molar-refractivity contribution in [1.82, 2.24) is 14.8 Å². The van der Waals surface area contributed by atoms with E-state index in [-0.39, 0.29) is 11.9 Å². The molecule has 1 atom stereocenters.